The van der Waals surface area contributed by atoms with Crippen molar-refractivity contribution in [1.82, 2.24) is 0 Å². The zero-order valence-corrected chi connectivity index (χ0v) is 14.9. The predicted molar refractivity (Wildman–Crippen MR) is 99.3 cm³/mol. The van der Waals surface area contributed by atoms with Gasteiger partial charge in [0.1, 0.15) is 24.1 Å². The number of para-hydroxylation sites is 1. The molecular weight excluding hydrogens is 339 g/mol. The number of hydrogen-bond acceptors (Lipinski definition) is 4. The van der Waals surface area contributed by atoms with Gasteiger partial charge < -0.3 is 9.15 Å². The Balaban J connectivity index is 1.72. The van der Waals surface area contributed by atoms with E-state index >= 15 is 0 Å². The maximum absolute atomic E-state index is 12.8. The van der Waals surface area contributed by atoms with Gasteiger partial charge in [0, 0.05) is 11.3 Å². The molecule has 1 aromatic heterocycles. The van der Waals surface area contributed by atoms with Crippen LogP contribution in [0.25, 0.3) is 11.0 Å². The van der Waals surface area contributed by atoms with Gasteiger partial charge in [-0.05, 0) is 43.7 Å². The molecule has 0 amide bonds. The number of halogens is 1. The van der Waals surface area contributed by atoms with E-state index in [0.717, 1.165) is 5.56 Å². The van der Waals surface area contributed by atoms with E-state index in [2.05, 4.69) is 0 Å². The summed E-state index contributed by atoms with van der Waals surface area (Å²) in [6.45, 7) is 3.30. The molecule has 1 unspecified atom stereocenters. The minimum absolute atomic E-state index is 0.00781. The fourth-order valence-corrected chi connectivity index (χ4v) is 3.34. The third-order valence-electron chi connectivity index (χ3n) is 3.75. The summed E-state index contributed by atoms with van der Waals surface area (Å²) < 4.78 is 24.0. The zero-order valence-electron chi connectivity index (χ0n) is 14.1. The first-order valence-corrected chi connectivity index (χ1v) is 9.04. The summed E-state index contributed by atoms with van der Waals surface area (Å²) in [4.78, 5) is 12.4. The van der Waals surface area contributed by atoms with Crippen LogP contribution >= 0.6 is 11.8 Å². The molecule has 0 aliphatic heterocycles. The van der Waals surface area contributed by atoms with Gasteiger partial charge >= 0.3 is 0 Å². The Morgan fingerprint density at radius 3 is 2.60 bits per heavy atom. The molecule has 3 nitrogen and oxygen atoms in total. The van der Waals surface area contributed by atoms with Crippen LogP contribution in [0.1, 0.15) is 18.1 Å². The van der Waals surface area contributed by atoms with E-state index < -0.39 is 6.17 Å². The molecule has 0 spiro atoms. The highest BCUT2D eigenvalue weighted by molar-refractivity contribution is 7.98. The summed E-state index contributed by atoms with van der Waals surface area (Å²) >= 11 is 1.49. The number of ether oxygens (including phenoxy) is 1. The van der Waals surface area contributed by atoms with Gasteiger partial charge in [-0.2, -0.15) is 0 Å². The molecule has 0 aliphatic rings. The fraction of sp³-hybridized carbons (Fsp3) is 0.250. The van der Waals surface area contributed by atoms with Gasteiger partial charge in [-0.15, -0.1) is 0 Å². The highest BCUT2D eigenvalue weighted by Crippen LogP contribution is 2.28. The highest BCUT2D eigenvalue weighted by atomic mass is 32.2. The van der Waals surface area contributed by atoms with E-state index in [1.54, 1.807) is 19.1 Å². The quantitative estimate of drug-likeness (QED) is 0.573. The topological polar surface area (TPSA) is 39.4 Å². The third-order valence-corrected chi connectivity index (χ3v) is 4.88. The van der Waals surface area contributed by atoms with Gasteiger partial charge in [0.05, 0.1) is 5.39 Å². The Bertz CT molecular complexity index is 916. The molecule has 3 rings (SSSR count). The molecule has 0 saturated heterocycles. The second-order valence-corrected chi connectivity index (χ2v) is 6.81. The first-order valence-electron chi connectivity index (χ1n) is 8.05. The van der Waals surface area contributed by atoms with Crippen molar-refractivity contribution in [2.75, 3.05) is 6.61 Å². The number of rotatable bonds is 6. The van der Waals surface area contributed by atoms with Crippen LogP contribution in [0.3, 0.4) is 0 Å². The minimum Gasteiger partial charge on any atom is -0.491 e. The number of thioether (sulfide) groups is 1. The molecular formula is C20H19FO3S. The van der Waals surface area contributed by atoms with Gasteiger partial charge in [0.2, 0.25) is 0 Å². The first kappa shape index (κ1) is 17.5. The number of hydrogen-bond donors (Lipinski definition) is 0. The van der Waals surface area contributed by atoms with Gasteiger partial charge in [0.15, 0.2) is 10.5 Å². The molecule has 1 heterocycles. The van der Waals surface area contributed by atoms with Crippen LogP contribution in [0.15, 0.2) is 62.8 Å². The summed E-state index contributed by atoms with van der Waals surface area (Å²) in [5, 5.41) is 1.24. The van der Waals surface area contributed by atoms with E-state index in [1.165, 1.54) is 18.7 Å². The lowest BCUT2D eigenvalue weighted by atomic mass is 10.2. The Labute approximate surface area is 149 Å². The van der Waals surface area contributed by atoms with Crippen LogP contribution in [-0.2, 0) is 5.75 Å². The molecule has 0 aliphatic carbocycles. The lowest BCUT2D eigenvalue weighted by Gasteiger charge is -2.08. The summed E-state index contributed by atoms with van der Waals surface area (Å²) in [6.07, 6.45) is -0.992. The molecule has 5 heteroatoms. The van der Waals surface area contributed by atoms with Crippen LogP contribution in [0.2, 0.25) is 0 Å². The van der Waals surface area contributed by atoms with Crippen molar-refractivity contribution in [3.63, 3.8) is 0 Å². The van der Waals surface area contributed by atoms with Crippen molar-refractivity contribution in [2.24, 2.45) is 0 Å². The van der Waals surface area contributed by atoms with Crippen molar-refractivity contribution in [1.29, 1.82) is 0 Å². The molecule has 1 atom stereocenters. The molecule has 25 heavy (non-hydrogen) atoms. The van der Waals surface area contributed by atoms with E-state index in [0.29, 0.717) is 33.1 Å². The summed E-state index contributed by atoms with van der Waals surface area (Å²) in [5.41, 5.74) is 2.31. The van der Waals surface area contributed by atoms with Crippen molar-refractivity contribution in [3.05, 3.63) is 69.9 Å². The average Bonchev–Trinajstić information content (AvgIpc) is 2.62. The van der Waals surface area contributed by atoms with Crippen molar-refractivity contribution in [3.8, 4) is 5.75 Å². The largest absolute Gasteiger partial charge is 0.491 e. The molecule has 3 aromatic rings. The Morgan fingerprint density at radius 1 is 1.16 bits per heavy atom. The first-order chi connectivity index (χ1) is 12.0. The molecule has 0 bridgehead atoms. The highest BCUT2D eigenvalue weighted by Gasteiger charge is 2.11. The van der Waals surface area contributed by atoms with E-state index in [4.69, 9.17) is 9.15 Å². The monoisotopic (exact) mass is 358 g/mol. The van der Waals surface area contributed by atoms with Crippen LogP contribution < -0.4 is 10.2 Å². The zero-order chi connectivity index (χ0) is 17.8. The number of fused-ring (bicyclic) bond motifs is 1. The number of alkyl halides is 1. The summed E-state index contributed by atoms with van der Waals surface area (Å²) in [6, 6.07) is 14.8. The SMILES string of the molecule is Cc1c(SCc2ccc(OCC(C)F)cc2)oc2ccccc2c1=O. The van der Waals surface area contributed by atoms with E-state index in [-0.39, 0.29) is 12.0 Å². The van der Waals surface area contributed by atoms with Crippen LogP contribution in [0.5, 0.6) is 5.75 Å². The predicted octanol–water partition coefficient (Wildman–Crippen LogP) is 5.13. The van der Waals surface area contributed by atoms with Gasteiger partial charge in [0.25, 0.3) is 0 Å². The average molecular weight is 358 g/mol. The minimum atomic E-state index is -0.992. The molecule has 130 valence electrons. The Morgan fingerprint density at radius 2 is 1.88 bits per heavy atom. The van der Waals surface area contributed by atoms with Gasteiger partial charge in [-0.1, -0.05) is 36.0 Å². The molecule has 0 saturated carbocycles. The maximum Gasteiger partial charge on any atom is 0.196 e. The standard InChI is InChI=1S/C20H19FO3S/c1-13(21)11-23-16-9-7-15(8-10-16)12-25-20-14(2)19(22)17-5-3-4-6-18(17)24-20/h3-10,13H,11-12H2,1-2H3. The third kappa shape index (κ3) is 4.23. The lowest BCUT2D eigenvalue weighted by Crippen LogP contribution is -2.08. The second kappa shape index (κ2) is 7.74. The van der Waals surface area contributed by atoms with Crippen molar-refractivity contribution in [2.45, 2.75) is 30.9 Å². The van der Waals surface area contributed by atoms with Crippen molar-refractivity contribution < 1.29 is 13.5 Å². The molecule has 0 radical (unpaired) electrons. The van der Waals surface area contributed by atoms with Crippen molar-refractivity contribution >= 4 is 22.7 Å². The van der Waals surface area contributed by atoms with E-state index in [9.17, 15) is 9.18 Å². The van der Waals surface area contributed by atoms with Crippen LogP contribution in [0.4, 0.5) is 4.39 Å². The smallest absolute Gasteiger partial charge is 0.196 e. The molecule has 0 N–H and O–H groups in total. The molecule has 2 aromatic carbocycles. The van der Waals surface area contributed by atoms with Crippen LogP contribution in [0, 0.1) is 6.92 Å². The lowest BCUT2D eigenvalue weighted by molar-refractivity contribution is 0.210. The summed E-state index contributed by atoms with van der Waals surface area (Å²) in [7, 11) is 0. The number of benzene rings is 2. The normalized spacial score (nSPS) is 12.3. The van der Waals surface area contributed by atoms with Gasteiger partial charge in [-0.3, -0.25) is 4.79 Å². The summed E-state index contributed by atoms with van der Waals surface area (Å²) in [5.74, 6) is 1.31. The Hall–Kier alpha value is -2.27. The second-order valence-electron chi connectivity index (χ2n) is 5.86. The fourth-order valence-electron chi connectivity index (χ4n) is 2.39. The van der Waals surface area contributed by atoms with Gasteiger partial charge in [-0.25, -0.2) is 4.39 Å². The molecule has 0 fully saturated rings. The van der Waals surface area contributed by atoms with Crippen LogP contribution in [-0.4, -0.2) is 12.8 Å². The Kier molecular flexibility index (Phi) is 5.43. The maximum atomic E-state index is 12.8. The van der Waals surface area contributed by atoms with E-state index in [1.807, 2.05) is 36.4 Å².